The predicted molar refractivity (Wildman–Crippen MR) is 153 cm³/mol. The van der Waals surface area contributed by atoms with E-state index in [0.717, 1.165) is 16.9 Å². The number of aliphatic carboxylic acids is 1. The second kappa shape index (κ2) is 12.0. The smallest absolute Gasteiger partial charge is 0.490 e. The molecule has 11 nitrogen and oxygen atoms in total. The number of nitrogens with one attached hydrogen (secondary N) is 1. The normalized spacial score (nSPS) is 23.9. The first-order valence-corrected chi connectivity index (χ1v) is 14.0. The summed E-state index contributed by atoms with van der Waals surface area (Å²) in [4.78, 5) is 46.2. The summed E-state index contributed by atoms with van der Waals surface area (Å²) in [7, 11) is 1.57. The van der Waals surface area contributed by atoms with Crippen molar-refractivity contribution in [3.05, 3.63) is 53.9 Å². The van der Waals surface area contributed by atoms with Crippen LogP contribution in [0.15, 0.2) is 47.7 Å². The van der Waals surface area contributed by atoms with Gasteiger partial charge in [-0.15, -0.1) is 0 Å². The maximum absolute atomic E-state index is 13.6. The van der Waals surface area contributed by atoms with Gasteiger partial charge in [0, 0.05) is 24.1 Å². The molecule has 2 aromatic rings. The number of carboxylic acid groups (broad SMARTS) is 1. The lowest BCUT2D eigenvalue weighted by Crippen LogP contribution is -2.52. The van der Waals surface area contributed by atoms with E-state index in [1.54, 1.807) is 24.4 Å². The fourth-order valence-electron chi connectivity index (χ4n) is 5.66. The van der Waals surface area contributed by atoms with Crippen LogP contribution in [0.5, 0.6) is 11.5 Å². The van der Waals surface area contributed by atoms with Gasteiger partial charge in [-0.3, -0.25) is 19.5 Å². The van der Waals surface area contributed by atoms with Crippen molar-refractivity contribution < 1.29 is 42.1 Å². The standard InChI is InChI=1S/C28H35N5O4.C2HF3O2/c1-27(2)13-23(34)33(26(29)32-27)24(16-10-17(36-5)15-30-14-16)19-11-20(19)25(35)31-21-12-28(3,4)37-22-9-7-6-8-18(21)22;3-2(4,5)1(6)7/h6-10,14-15,19-21,24H,11-13H2,1-5H3,(H2,29,32)(H,31,35);(H,6,7)/t19-,20-,21-,24?;/m1./s1. The molecule has 5 rings (SSSR count). The van der Waals surface area contributed by atoms with Crippen LogP contribution in [0.3, 0.4) is 0 Å². The minimum absolute atomic E-state index is 0.0383. The van der Waals surface area contributed by atoms with Crippen LogP contribution in [0.2, 0.25) is 0 Å². The summed E-state index contributed by atoms with van der Waals surface area (Å²) < 4.78 is 43.2. The highest BCUT2D eigenvalue weighted by Crippen LogP contribution is 2.52. The summed E-state index contributed by atoms with van der Waals surface area (Å²) in [5, 5.41) is 10.4. The second-order valence-electron chi connectivity index (χ2n) is 12.3. The molecule has 238 valence electrons. The molecule has 1 unspecified atom stereocenters. The fourth-order valence-corrected chi connectivity index (χ4v) is 5.66. The van der Waals surface area contributed by atoms with Gasteiger partial charge in [0.2, 0.25) is 11.8 Å². The van der Waals surface area contributed by atoms with Crippen molar-refractivity contribution in [3.63, 3.8) is 0 Å². The number of hydrogen-bond acceptors (Lipinski definition) is 8. The number of benzene rings is 1. The summed E-state index contributed by atoms with van der Waals surface area (Å²) in [5.74, 6) is -1.78. The number of hydrogen-bond donors (Lipinski definition) is 3. The Morgan fingerprint density at radius 3 is 2.48 bits per heavy atom. The molecular weight excluding hydrogens is 583 g/mol. The summed E-state index contributed by atoms with van der Waals surface area (Å²) in [6, 6.07) is 9.05. The molecule has 2 aliphatic heterocycles. The lowest BCUT2D eigenvalue weighted by Gasteiger charge is -2.38. The van der Waals surface area contributed by atoms with Crippen molar-refractivity contribution in [1.29, 1.82) is 0 Å². The van der Waals surface area contributed by atoms with Gasteiger partial charge >= 0.3 is 12.1 Å². The average Bonchev–Trinajstić information content (AvgIpc) is 3.70. The fraction of sp³-hybridized carbons (Fsp3) is 0.500. The van der Waals surface area contributed by atoms with Crippen molar-refractivity contribution in [3.8, 4) is 11.5 Å². The van der Waals surface area contributed by atoms with Gasteiger partial charge in [-0.25, -0.2) is 9.79 Å². The third kappa shape index (κ3) is 7.40. The number of nitrogens with zero attached hydrogens (tertiary/aromatic N) is 3. The number of fused-ring (bicyclic) bond motifs is 1. The molecule has 1 fully saturated rings. The van der Waals surface area contributed by atoms with Crippen molar-refractivity contribution >= 4 is 23.7 Å². The molecule has 4 N–H and O–H groups in total. The first-order valence-electron chi connectivity index (χ1n) is 14.0. The number of halogens is 3. The van der Waals surface area contributed by atoms with Gasteiger partial charge in [-0.1, -0.05) is 18.2 Å². The molecule has 2 amide bonds. The monoisotopic (exact) mass is 619 g/mol. The minimum atomic E-state index is -5.08. The quantitative estimate of drug-likeness (QED) is 0.436. The van der Waals surface area contributed by atoms with Crippen LogP contribution in [0.4, 0.5) is 13.2 Å². The largest absolute Gasteiger partial charge is 0.495 e. The van der Waals surface area contributed by atoms with E-state index >= 15 is 0 Å². The van der Waals surface area contributed by atoms with E-state index < -0.39 is 29.3 Å². The Balaban J connectivity index is 0.000000566. The summed E-state index contributed by atoms with van der Waals surface area (Å²) in [6.45, 7) is 7.83. The molecule has 0 spiro atoms. The number of nitrogens with two attached hydrogens (primary N) is 1. The van der Waals surface area contributed by atoms with E-state index in [9.17, 15) is 22.8 Å². The maximum atomic E-state index is 13.6. The van der Waals surface area contributed by atoms with Crippen LogP contribution in [0.25, 0.3) is 0 Å². The van der Waals surface area contributed by atoms with Crippen LogP contribution < -0.4 is 20.5 Å². The van der Waals surface area contributed by atoms with Crippen LogP contribution in [0.1, 0.15) is 70.2 Å². The van der Waals surface area contributed by atoms with Gasteiger partial charge in [0.1, 0.15) is 17.1 Å². The van der Waals surface area contributed by atoms with Crippen molar-refractivity contribution in [2.24, 2.45) is 22.6 Å². The van der Waals surface area contributed by atoms with Crippen LogP contribution in [0, 0.1) is 11.8 Å². The molecule has 1 aromatic heterocycles. The first-order chi connectivity index (χ1) is 20.4. The van der Waals surface area contributed by atoms with Gasteiger partial charge < -0.3 is 25.6 Å². The molecule has 0 radical (unpaired) electrons. The Labute approximate surface area is 252 Å². The molecule has 0 bridgehead atoms. The Bertz CT molecular complexity index is 1460. The number of ether oxygens (including phenoxy) is 2. The number of aliphatic imine (C=N–C) groups is 1. The number of guanidine groups is 1. The molecule has 1 aliphatic carbocycles. The zero-order chi connectivity index (χ0) is 32.6. The third-order valence-electron chi connectivity index (χ3n) is 7.62. The van der Waals surface area contributed by atoms with Gasteiger partial charge in [0.25, 0.3) is 0 Å². The van der Waals surface area contributed by atoms with Crippen molar-refractivity contribution in [2.75, 3.05) is 7.11 Å². The molecule has 1 saturated carbocycles. The highest BCUT2D eigenvalue weighted by molar-refractivity contribution is 5.99. The van der Waals surface area contributed by atoms with E-state index in [4.69, 9.17) is 25.1 Å². The number of carboxylic acids is 1. The summed E-state index contributed by atoms with van der Waals surface area (Å²) >= 11 is 0. The van der Waals surface area contributed by atoms with Gasteiger partial charge in [0.05, 0.1) is 37.4 Å². The zero-order valence-electron chi connectivity index (χ0n) is 25.0. The molecule has 14 heteroatoms. The summed E-state index contributed by atoms with van der Waals surface area (Å²) in [5.41, 5.74) is 7.14. The van der Waals surface area contributed by atoms with E-state index in [-0.39, 0.29) is 42.1 Å². The van der Waals surface area contributed by atoms with E-state index in [1.807, 2.05) is 58.0 Å². The minimum Gasteiger partial charge on any atom is -0.495 e. The number of pyridine rings is 1. The number of aromatic nitrogens is 1. The molecule has 44 heavy (non-hydrogen) atoms. The van der Waals surface area contributed by atoms with Crippen molar-refractivity contribution in [1.82, 2.24) is 15.2 Å². The van der Waals surface area contributed by atoms with Crippen LogP contribution in [-0.4, -0.2) is 63.2 Å². The number of rotatable bonds is 6. The molecule has 4 atom stereocenters. The van der Waals surface area contributed by atoms with Crippen LogP contribution in [-0.2, 0) is 14.4 Å². The number of carbonyl (C=O) groups excluding carboxylic acids is 2. The Morgan fingerprint density at radius 2 is 1.86 bits per heavy atom. The van der Waals surface area contributed by atoms with E-state index in [1.165, 1.54) is 0 Å². The van der Waals surface area contributed by atoms with Crippen molar-refractivity contribution in [2.45, 2.75) is 76.4 Å². The highest BCUT2D eigenvalue weighted by atomic mass is 19.4. The Kier molecular flexibility index (Phi) is 8.85. The lowest BCUT2D eigenvalue weighted by molar-refractivity contribution is -0.192. The van der Waals surface area contributed by atoms with Gasteiger partial charge in [0.15, 0.2) is 5.96 Å². The predicted octanol–water partition coefficient (Wildman–Crippen LogP) is 4.14. The number of carbonyl (C=O) groups is 3. The third-order valence-corrected chi connectivity index (χ3v) is 7.62. The molecule has 3 aliphatic rings. The molecule has 1 aromatic carbocycles. The first kappa shape index (κ1) is 32.6. The molecule has 3 heterocycles. The molecule has 0 saturated heterocycles. The number of alkyl halides is 3. The van der Waals surface area contributed by atoms with E-state index in [0.29, 0.717) is 18.6 Å². The zero-order valence-corrected chi connectivity index (χ0v) is 25.0. The second-order valence-corrected chi connectivity index (χ2v) is 12.3. The average molecular weight is 620 g/mol. The number of para-hydroxylation sites is 1. The highest BCUT2D eigenvalue weighted by Gasteiger charge is 2.53. The summed E-state index contributed by atoms with van der Waals surface area (Å²) in [6.07, 6.45) is -0.240. The molecular formula is C30H36F3N5O6. The number of amides is 2. The number of methoxy groups -OCH3 is 1. The van der Waals surface area contributed by atoms with Gasteiger partial charge in [-0.05, 0) is 57.7 Å². The van der Waals surface area contributed by atoms with Crippen LogP contribution >= 0.6 is 0 Å². The Morgan fingerprint density at radius 1 is 1.20 bits per heavy atom. The Hall–Kier alpha value is -4.36. The lowest BCUT2D eigenvalue weighted by atomic mass is 9.89. The maximum Gasteiger partial charge on any atom is 0.490 e. The topological polar surface area (TPSA) is 156 Å². The van der Waals surface area contributed by atoms with Gasteiger partial charge in [-0.2, -0.15) is 13.2 Å². The van der Waals surface area contributed by atoms with E-state index in [2.05, 4.69) is 15.3 Å². The SMILES string of the molecule is COc1cncc(C([C@@H]2C[C@H]2C(=O)N[C@@H]2CC(C)(C)Oc3ccccc32)N2C(=O)CC(C)(C)N=C2N)c1.O=C(O)C(F)(F)F.